The second kappa shape index (κ2) is 11.1. The van der Waals surface area contributed by atoms with Gasteiger partial charge in [-0.3, -0.25) is 9.59 Å². The average Bonchev–Trinajstić information content (AvgIpc) is 3.49. The number of nitrogens with zero attached hydrogens (tertiary/aromatic N) is 3. The summed E-state index contributed by atoms with van der Waals surface area (Å²) in [7, 11) is 0. The molecule has 6 nitrogen and oxygen atoms in total. The maximum absolute atomic E-state index is 13.1. The molecular formula is C25H38N4O2. The van der Waals surface area contributed by atoms with Crippen molar-refractivity contribution in [1.82, 2.24) is 20.0 Å². The molecule has 0 aromatic heterocycles. The minimum atomic E-state index is -0.0503. The summed E-state index contributed by atoms with van der Waals surface area (Å²) in [5.41, 5.74) is 1.32. The number of likely N-dealkylation sites (tertiary alicyclic amines) is 3. The van der Waals surface area contributed by atoms with Crippen LogP contribution in [0.3, 0.4) is 0 Å². The van der Waals surface area contributed by atoms with E-state index in [-0.39, 0.29) is 11.8 Å². The molecule has 170 valence electrons. The molecule has 0 radical (unpaired) electrons. The maximum atomic E-state index is 13.1. The predicted octanol–water partition coefficient (Wildman–Crippen LogP) is 2.99. The predicted molar refractivity (Wildman–Crippen MR) is 123 cm³/mol. The molecule has 1 atom stereocenters. The lowest BCUT2D eigenvalue weighted by Crippen LogP contribution is -2.42. The van der Waals surface area contributed by atoms with Gasteiger partial charge in [-0.25, -0.2) is 0 Å². The molecule has 3 heterocycles. The summed E-state index contributed by atoms with van der Waals surface area (Å²) in [6.45, 7) is 8.32. The summed E-state index contributed by atoms with van der Waals surface area (Å²) in [6.07, 6.45) is 9.67. The molecule has 3 saturated heterocycles. The fourth-order valence-corrected chi connectivity index (χ4v) is 5.28. The Kier molecular flexibility index (Phi) is 7.97. The lowest BCUT2D eigenvalue weighted by atomic mass is 10.1. The lowest BCUT2D eigenvalue weighted by molar-refractivity contribution is 0.0708. The average molecular weight is 427 g/mol. The highest BCUT2D eigenvalue weighted by molar-refractivity contribution is 5.98. The van der Waals surface area contributed by atoms with Gasteiger partial charge in [-0.15, -0.1) is 0 Å². The third-order valence-electron chi connectivity index (χ3n) is 7.09. The Hall–Kier alpha value is -1.92. The molecule has 0 bridgehead atoms. The van der Waals surface area contributed by atoms with E-state index in [9.17, 15) is 9.59 Å². The SMILES string of the molecule is O=C(NCCCN1CCCCC1)c1ccc(C(=O)N2CCC[C@H]2CN2CCCC2)cc1. The van der Waals surface area contributed by atoms with Crippen molar-refractivity contribution in [2.45, 2.75) is 57.4 Å². The molecule has 3 fully saturated rings. The molecule has 0 spiro atoms. The van der Waals surface area contributed by atoms with E-state index in [4.69, 9.17) is 0 Å². The number of benzene rings is 1. The summed E-state index contributed by atoms with van der Waals surface area (Å²) >= 11 is 0. The van der Waals surface area contributed by atoms with Crippen molar-refractivity contribution in [3.05, 3.63) is 35.4 Å². The van der Waals surface area contributed by atoms with Gasteiger partial charge in [-0.2, -0.15) is 0 Å². The second-order valence-corrected chi connectivity index (χ2v) is 9.39. The van der Waals surface area contributed by atoms with E-state index in [1.54, 1.807) is 12.1 Å². The Morgan fingerprint density at radius 2 is 1.45 bits per heavy atom. The highest BCUT2D eigenvalue weighted by atomic mass is 16.2. The van der Waals surface area contributed by atoms with Crippen LogP contribution in [0.2, 0.25) is 0 Å². The van der Waals surface area contributed by atoms with E-state index in [0.29, 0.717) is 23.7 Å². The van der Waals surface area contributed by atoms with Crippen LogP contribution in [0.1, 0.15) is 72.1 Å². The van der Waals surface area contributed by atoms with E-state index >= 15 is 0 Å². The first-order valence-corrected chi connectivity index (χ1v) is 12.3. The number of carbonyl (C=O) groups is 2. The molecule has 0 unspecified atom stereocenters. The topological polar surface area (TPSA) is 55.9 Å². The van der Waals surface area contributed by atoms with Gasteiger partial charge in [0.2, 0.25) is 0 Å². The van der Waals surface area contributed by atoms with E-state index in [1.165, 1.54) is 58.3 Å². The van der Waals surface area contributed by atoms with Crippen LogP contribution in [-0.2, 0) is 0 Å². The lowest BCUT2D eigenvalue weighted by Gasteiger charge is -2.28. The highest BCUT2D eigenvalue weighted by Gasteiger charge is 2.31. The van der Waals surface area contributed by atoms with Crippen LogP contribution < -0.4 is 5.32 Å². The first-order valence-electron chi connectivity index (χ1n) is 12.3. The van der Waals surface area contributed by atoms with Crippen LogP contribution in [0.25, 0.3) is 0 Å². The Bertz CT molecular complexity index is 724. The molecule has 1 N–H and O–H groups in total. The van der Waals surface area contributed by atoms with Gasteiger partial charge in [0.1, 0.15) is 0 Å². The zero-order valence-electron chi connectivity index (χ0n) is 18.9. The van der Waals surface area contributed by atoms with Gasteiger partial charge in [-0.05, 0) is 102 Å². The van der Waals surface area contributed by atoms with Gasteiger partial charge in [0, 0.05) is 36.8 Å². The number of hydrogen-bond donors (Lipinski definition) is 1. The van der Waals surface area contributed by atoms with Crippen LogP contribution in [0.5, 0.6) is 0 Å². The number of rotatable bonds is 8. The Balaban J connectivity index is 1.24. The number of amides is 2. The molecule has 31 heavy (non-hydrogen) atoms. The standard InChI is InChI=1S/C25H38N4O2/c30-24(26-13-7-18-27-14-2-1-3-15-27)21-9-11-22(12-10-21)25(31)29-19-6-8-23(29)20-28-16-4-5-17-28/h9-12,23H,1-8,13-20H2,(H,26,30)/t23-/m0/s1. The monoisotopic (exact) mass is 426 g/mol. The van der Waals surface area contributed by atoms with Gasteiger partial charge in [0.05, 0.1) is 0 Å². The molecule has 0 aliphatic carbocycles. The summed E-state index contributed by atoms with van der Waals surface area (Å²) in [5.74, 6) is 0.0564. The third-order valence-corrected chi connectivity index (χ3v) is 7.09. The van der Waals surface area contributed by atoms with Crippen molar-refractivity contribution in [2.24, 2.45) is 0 Å². The highest BCUT2D eigenvalue weighted by Crippen LogP contribution is 2.23. The molecule has 1 aromatic rings. The van der Waals surface area contributed by atoms with Crippen molar-refractivity contribution in [3.8, 4) is 0 Å². The fraction of sp³-hybridized carbons (Fsp3) is 0.680. The fourth-order valence-electron chi connectivity index (χ4n) is 5.28. The number of carbonyl (C=O) groups excluding carboxylic acids is 2. The van der Waals surface area contributed by atoms with Crippen LogP contribution >= 0.6 is 0 Å². The summed E-state index contributed by atoms with van der Waals surface area (Å²) in [5, 5.41) is 3.02. The van der Waals surface area contributed by atoms with Gasteiger partial charge in [0.15, 0.2) is 0 Å². The summed E-state index contributed by atoms with van der Waals surface area (Å²) in [6, 6.07) is 7.54. The molecule has 4 rings (SSSR count). The Morgan fingerprint density at radius 1 is 0.806 bits per heavy atom. The Morgan fingerprint density at radius 3 is 2.19 bits per heavy atom. The van der Waals surface area contributed by atoms with E-state index < -0.39 is 0 Å². The first-order chi connectivity index (χ1) is 15.2. The number of piperidine rings is 1. The van der Waals surface area contributed by atoms with Crippen molar-refractivity contribution in [1.29, 1.82) is 0 Å². The molecule has 6 heteroatoms. The third kappa shape index (κ3) is 6.07. The normalized spacial score (nSPS) is 22.7. The second-order valence-electron chi connectivity index (χ2n) is 9.39. The largest absolute Gasteiger partial charge is 0.352 e. The maximum Gasteiger partial charge on any atom is 0.254 e. The number of nitrogens with one attached hydrogen (secondary N) is 1. The smallest absolute Gasteiger partial charge is 0.254 e. The zero-order valence-corrected chi connectivity index (χ0v) is 18.9. The molecular weight excluding hydrogens is 388 g/mol. The molecule has 3 aliphatic heterocycles. The minimum absolute atomic E-state index is 0.0503. The molecule has 3 aliphatic rings. The van der Waals surface area contributed by atoms with Crippen molar-refractivity contribution in [3.63, 3.8) is 0 Å². The summed E-state index contributed by atoms with van der Waals surface area (Å²) < 4.78 is 0. The molecule has 2 amide bonds. The van der Waals surface area contributed by atoms with E-state index in [2.05, 4.69) is 15.1 Å². The van der Waals surface area contributed by atoms with E-state index in [1.807, 2.05) is 17.0 Å². The number of hydrogen-bond acceptors (Lipinski definition) is 4. The quantitative estimate of drug-likeness (QED) is 0.650. The first kappa shape index (κ1) is 22.3. The minimum Gasteiger partial charge on any atom is -0.352 e. The van der Waals surface area contributed by atoms with Crippen LogP contribution in [0, 0.1) is 0 Å². The van der Waals surface area contributed by atoms with Gasteiger partial charge in [0.25, 0.3) is 11.8 Å². The van der Waals surface area contributed by atoms with E-state index in [0.717, 1.165) is 38.9 Å². The van der Waals surface area contributed by atoms with Crippen molar-refractivity contribution >= 4 is 11.8 Å². The molecule has 0 saturated carbocycles. The zero-order chi connectivity index (χ0) is 21.5. The van der Waals surface area contributed by atoms with Gasteiger partial charge >= 0.3 is 0 Å². The van der Waals surface area contributed by atoms with Gasteiger partial charge < -0.3 is 20.0 Å². The Labute approximate surface area is 187 Å². The van der Waals surface area contributed by atoms with Crippen LogP contribution in [-0.4, -0.2) is 84.9 Å². The van der Waals surface area contributed by atoms with Crippen LogP contribution in [0.4, 0.5) is 0 Å². The molecule has 1 aromatic carbocycles. The van der Waals surface area contributed by atoms with Crippen molar-refractivity contribution in [2.75, 3.05) is 52.4 Å². The van der Waals surface area contributed by atoms with Gasteiger partial charge in [-0.1, -0.05) is 6.42 Å². The van der Waals surface area contributed by atoms with Crippen molar-refractivity contribution < 1.29 is 9.59 Å². The van der Waals surface area contributed by atoms with Crippen LogP contribution in [0.15, 0.2) is 24.3 Å². The summed E-state index contributed by atoms with van der Waals surface area (Å²) in [4.78, 5) is 32.6.